The molecule has 2 aliphatic heterocycles. The topological polar surface area (TPSA) is 374 Å². The molecule has 11 N–H and O–H groups in total. The second kappa shape index (κ2) is 58.0. The van der Waals surface area contributed by atoms with Gasteiger partial charge in [-0.15, -0.1) is 0 Å². The van der Waals surface area contributed by atoms with Crippen LogP contribution in [0.2, 0.25) is 0 Å². The Morgan fingerprint density at radius 3 is 1.05 bits per heavy atom. The lowest BCUT2D eigenvalue weighted by Crippen LogP contribution is -2.69. The number of hydrogen-bond acceptors (Lipinski definition) is 23. The van der Waals surface area contributed by atoms with Gasteiger partial charge >= 0.3 is 25.7 Å². The molecular formula is C78H147O24P. The average Bonchev–Trinajstić information content (AvgIpc) is 0.765. The van der Waals surface area contributed by atoms with Crippen molar-refractivity contribution < 1.29 is 117 Å². The fraction of sp³-hybridized carbons (Fsp3) is 0.962. The Kier molecular flexibility index (Phi) is 53.5. The third kappa shape index (κ3) is 41.0. The molecule has 608 valence electrons. The van der Waals surface area contributed by atoms with Crippen LogP contribution in [0.3, 0.4) is 0 Å². The number of ether oxygens (including phenoxy) is 7. The Morgan fingerprint density at radius 1 is 0.369 bits per heavy atom. The summed E-state index contributed by atoms with van der Waals surface area (Å²) in [5.41, 5.74) is 0. The van der Waals surface area contributed by atoms with Crippen molar-refractivity contribution in [2.75, 3.05) is 26.4 Å². The van der Waals surface area contributed by atoms with Crippen molar-refractivity contribution in [3.8, 4) is 0 Å². The number of rotatable bonds is 64. The van der Waals surface area contributed by atoms with Crippen LogP contribution in [0.1, 0.15) is 336 Å². The number of phosphoric ester groups is 1. The maximum atomic E-state index is 14.4. The van der Waals surface area contributed by atoms with E-state index in [4.69, 9.17) is 42.2 Å². The Morgan fingerprint density at radius 2 is 0.680 bits per heavy atom. The number of carbonyl (C=O) groups is 3. The summed E-state index contributed by atoms with van der Waals surface area (Å²) in [5.74, 6) is -0.596. The van der Waals surface area contributed by atoms with Crippen molar-refractivity contribution >= 4 is 25.7 Å². The highest BCUT2D eigenvalue weighted by Crippen LogP contribution is 2.49. The predicted molar refractivity (Wildman–Crippen MR) is 393 cm³/mol. The molecule has 2 saturated heterocycles. The summed E-state index contributed by atoms with van der Waals surface area (Å²) in [6.45, 7) is 8.15. The summed E-state index contributed by atoms with van der Waals surface area (Å²) in [5, 5.41) is 110. The summed E-state index contributed by atoms with van der Waals surface area (Å²) in [4.78, 5) is 51.3. The van der Waals surface area contributed by atoms with Gasteiger partial charge in [0.1, 0.15) is 98.7 Å². The van der Waals surface area contributed by atoms with Gasteiger partial charge in [-0.1, -0.05) is 298 Å². The van der Waals surface area contributed by atoms with E-state index in [0.717, 1.165) is 96.3 Å². The maximum Gasteiger partial charge on any atom is 0.472 e. The van der Waals surface area contributed by atoms with E-state index in [9.17, 15) is 74.9 Å². The van der Waals surface area contributed by atoms with E-state index in [1.807, 2.05) is 0 Å². The van der Waals surface area contributed by atoms with E-state index in [2.05, 4.69) is 34.6 Å². The summed E-state index contributed by atoms with van der Waals surface area (Å²) in [7, 11) is -5.70. The summed E-state index contributed by atoms with van der Waals surface area (Å²) in [6, 6.07) is 0. The van der Waals surface area contributed by atoms with Crippen molar-refractivity contribution in [1.29, 1.82) is 0 Å². The Bertz CT molecular complexity index is 2150. The largest absolute Gasteiger partial charge is 0.472 e. The molecule has 24 nitrogen and oxygen atoms in total. The van der Waals surface area contributed by atoms with Gasteiger partial charge in [0.25, 0.3) is 0 Å². The first-order valence-electron chi connectivity index (χ1n) is 41.1. The van der Waals surface area contributed by atoms with E-state index in [0.29, 0.717) is 31.1 Å². The number of esters is 3. The zero-order chi connectivity index (χ0) is 75.6. The highest BCUT2D eigenvalue weighted by Gasteiger charge is 2.58. The lowest BCUT2D eigenvalue weighted by molar-refractivity contribution is -0.360. The minimum atomic E-state index is -5.70. The highest BCUT2D eigenvalue weighted by molar-refractivity contribution is 7.47. The third-order valence-electron chi connectivity index (χ3n) is 20.9. The fourth-order valence-electron chi connectivity index (χ4n) is 14.1. The molecule has 3 aliphatic rings. The zero-order valence-corrected chi connectivity index (χ0v) is 65.1. The van der Waals surface area contributed by atoms with Crippen LogP contribution in [0.15, 0.2) is 0 Å². The zero-order valence-electron chi connectivity index (χ0n) is 64.2. The molecule has 0 aromatic carbocycles. The molecule has 1 saturated carbocycles. The van der Waals surface area contributed by atoms with E-state index in [1.165, 1.54) is 167 Å². The van der Waals surface area contributed by atoms with Crippen molar-refractivity contribution in [1.82, 2.24) is 0 Å². The molecule has 0 bridgehead atoms. The van der Waals surface area contributed by atoms with Gasteiger partial charge < -0.3 is 89.1 Å². The molecular weight excluding hydrogens is 1350 g/mol. The van der Waals surface area contributed by atoms with Gasteiger partial charge in [-0.25, -0.2) is 4.57 Å². The van der Waals surface area contributed by atoms with Gasteiger partial charge in [0.05, 0.1) is 13.2 Å². The van der Waals surface area contributed by atoms with Crippen LogP contribution < -0.4 is 0 Å². The first kappa shape index (κ1) is 95.2. The number of carbonyl (C=O) groups excluding carboxylic acids is 3. The monoisotopic (exact) mass is 1500 g/mol. The van der Waals surface area contributed by atoms with Gasteiger partial charge in [-0.05, 0) is 31.1 Å². The summed E-state index contributed by atoms with van der Waals surface area (Å²) < 4.78 is 65.3. The summed E-state index contributed by atoms with van der Waals surface area (Å²) in [6.07, 6.45) is 14.3. The minimum Gasteiger partial charge on any atom is -0.463 e. The van der Waals surface area contributed by atoms with Gasteiger partial charge in [0.15, 0.2) is 18.7 Å². The molecule has 20 atom stereocenters. The van der Waals surface area contributed by atoms with Crippen LogP contribution in [0.25, 0.3) is 0 Å². The van der Waals surface area contributed by atoms with Crippen LogP contribution in [-0.4, -0.2) is 204 Å². The quantitative estimate of drug-likeness (QED) is 0.0117. The first-order chi connectivity index (χ1) is 49.6. The van der Waals surface area contributed by atoms with E-state index in [-0.39, 0.29) is 19.3 Å². The number of phosphoric acid groups is 1. The van der Waals surface area contributed by atoms with Crippen molar-refractivity contribution in [2.45, 2.75) is 441 Å². The maximum absolute atomic E-state index is 14.4. The lowest BCUT2D eigenvalue weighted by Gasteiger charge is -2.49. The van der Waals surface area contributed by atoms with Crippen LogP contribution in [0.5, 0.6) is 0 Å². The van der Waals surface area contributed by atoms with Crippen LogP contribution >= 0.6 is 7.82 Å². The molecule has 0 amide bonds. The standard InChI is InChI=1S/C78H147O24P/c1-6-9-12-15-18-19-20-21-22-23-24-25-26-27-36-44-51-63(81)95-56-61-66(84)68(86)73(91)78(99-61)101-75-71(89)69(87)70(88)74(100-77-72(90)67(85)65(83)60(53-79)98-77)76(75)102-103(92,93)96-55-59(97-64(82)52-45-38-31-29-35-42-49-58(5)47-40-33-17-14-11-8-3)54-94-62(80)50-43-37-30-28-34-41-48-57(4)46-39-32-16-13-10-7-2/h57-61,65-79,83-91H,6-56H2,1-5H3,(H,92,93). The van der Waals surface area contributed by atoms with Crippen LogP contribution in [0, 0.1) is 11.8 Å². The predicted octanol–water partition coefficient (Wildman–Crippen LogP) is 12.6. The SMILES string of the molecule is CCCCCCCCCCCCCCCCCCC(=O)OCC1OC(OC2C(O)C(O)C(O)C(OC3OC(CO)C(O)C(O)C3O)C2OP(=O)(O)OCC(COC(=O)CCCCCCCCC(C)CCCCCCCC)OC(=O)CCCCCCCCC(C)CCCCCCCC)C(O)C(O)C1O. The molecule has 0 aromatic heterocycles. The average molecular weight is 1500 g/mol. The Labute approximate surface area is 619 Å². The molecule has 2 heterocycles. The second-order valence-electron chi connectivity index (χ2n) is 30.4. The molecule has 25 heteroatoms. The Balaban J connectivity index is 1.72. The third-order valence-corrected chi connectivity index (χ3v) is 21.9. The van der Waals surface area contributed by atoms with Crippen LogP contribution in [0.4, 0.5) is 0 Å². The van der Waals surface area contributed by atoms with Crippen LogP contribution in [-0.2, 0) is 61.2 Å². The van der Waals surface area contributed by atoms with Gasteiger partial charge in [0, 0.05) is 19.3 Å². The highest BCUT2D eigenvalue weighted by atomic mass is 31.2. The van der Waals surface area contributed by atoms with E-state index < -0.39 is 156 Å². The van der Waals surface area contributed by atoms with Crippen molar-refractivity contribution in [3.05, 3.63) is 0 Å². The van der Waals surface area contributed by atoms with Gasteiger partial charge in [-0.3, -0.25) is 23.4 Å². The molecule has 0 spiro atoms. The first-order valence-corrected chi connectivity index (χ1v) is 42.6. The molecule has 103 heavy (non-hydrogen) atoms. The molecule has 3 rings (SSSR count). The van der Waals surface area contributed by atoms with Gasteiger partial charge in [-0.2, -0.15) is 0 Å². The number of aliphatic hydroxyl groups is 10. The molecule has 0 aromatic rings. The lowest BCUT2D eigenvalue weighted by atomic mass is 9.84. The van der Waals surface area contributed by atoms with E-state index >= 15 is 0 Å². The normalized spacial score (nSPS) is 27.5. The minimum absolute atomic E-state index is 0.0333. The number of unbranched alkanes of at least 4 members (excludes halogenated alkanes) is 35. The fourth-order valence-corrected chi connectivity index (χ4v) is 15.0. The number of hydrogen-bond donors (Lipinski definition) is 11. The molecule has 20 unspecified atom stereocenters. The smallest absolute Gasteiger partial charge is 0.463 e. The van der Waals surface area contributed by atoms with Crippen molar-refractivity contribution in [3.63, 3.8) is 0 Å². The van der Waals surface area contributed by atoms with Crippen molar-refractivity contribution in [2.24, 2.45) is 11.8 Å². The number of aliphatic hydroxyl groups excluding tert-OH is 10. The summed E-state index contributed by atoms with van der Waals surface area (Å²) >= 11 is 0. The molecule has 1 aliphatic carbocycles. The van der Waals surface area contributed by atoms with Gasteiger partial charge in [0.2, 0.25) is 0 Å². The molecule has 3 fully saturated rings. The Hall–Kier alpha value is -2.04. The molecule has 0 radical (unpaired) electrons. The van der Waals surface area contributed by atoms with E-state index in [1.54, 1.807) is 0 Å². The second-order valence-corrected chi connectivity index (χ2v) is 31.8.